The Morgan fingerprint density at radius 1 is 1.60 bits per heavy atom. The Morgan fingerprint density at radius 2 is 2.27 bits per heavy atom. The van der Waals surface area contributed by atoms with Gasteiger partial charge in [-0.1, -0.05) is 6.92 Å². The van der Waals surface area contributed by atoms with Crippen molar-refractivity contribution in [3.05, 3.63) is 17.5 Å². The highest BCUT2D eigenvalue weighted by Gasteiger charge is 2.08. The number of aryl methyl sites for hydroxylation is 2. The van der Waals surface area contributed by atoms with Gasteiger partial charge in [0.05, 0.1) is 17.5 Å². The smallest absolute Gasteiger partial charge is 0.0639 e. The quantitative estimate of drug-likeness (QED) is 0.783. The van der Waals surface area contributed by atoms with Crippen LogP contribution in [0.15, 0.2) is 6.07 Å². The summed E-state index contributed by atoms with van der Waals surface area (Å²) in [6.07, 6.45) is 0.683. The molecule has 0 saturated carbocycles. The molecule has 1 atom stereocenters. The van der Waals surface area contributed by atoms with Gasteiger partial charge in [0.2, 0.25) is 0 Å². The van der Waals surface area contributed by atoms with Gasteiger partial charge in [0.1, 0.15) is 0 Å². The van der Waals surface area contributed by atoms with Crippen LogP contribution in [0.2, 0.25) is 0 Å². The molecule has 1 aromatic heterocycles. The van der Waals surface area contributed by atoms with Crippen LogP contribution in [-0.2, 0) is 20.0 Å². The number of rotatable bonds is 5. The van der Waals surface area contributed by atoms with Crippen molar-refractivity contribution in [1.29, 1.82) is 0 Å². The highest BCUT2D eigenvalue weighted by Crippen LogP contribution is 2.06. The second-order valence-corrected chi connectivity index (χ2v) is 4.15. The van der Waals surface area contributed by atoms with Crippen molar-refractivity contribution >= 4 is 0 Å². The van der Waals surface area contributed by atoms with Crippen LogP contribution in [0.3, 0.4) is 0 Å². The van der Waals surface area contributed by atoms with Gasteiger partial charge >= 0.3 is 0 Å². The van der Waals surface area contributed by atoms with Crippen molar-refractivity contribution in [1.82, 2.24) is 14.7 Å². The third-order valence-electron chi connectivity index (χ3n) is 2.40. The van der Waals surface area contributed by atoms with E-state index in [4.69, 9.17) is 0 Å². The fourth-order valence-electron chi connectivity index (χ4n) is 1.68. The number of hydrogen-bond acceptors (Lipinski definition) is 3. The van der Waals surface area contributed by atoms with Crippen LogP contribution in [0.1, 0.15) is 25.2 Å². The standard InChI is InChI=1S/C11H21N3O/c1-5-10-6-11(14(4)12-10)8-13(3)7-9(2)15/h6,9,15H,5,7-8H2,1-4H3. The highest BCUT2D eigenvalue weighted by molar-refractivity contribution is 5.09. The third kappa shape index (κ3) is 3.64. The molecule has 0 bridgehead atoms. The van der Waals surface area contributed by atoms with Gasteiger partial charge in [-0.15, -0.1) is 0 Å². The van der Waals surface area contributed by atoms with E-state index in [1.807, 2.05) is 18.8 Å². The van der Waals surface area contributed by atoms with Crippen LogP contribution >= 0.6 is 0 Å². The molecule has 0 amide bonds. The molecule has 1 aromatic rings. The van der Waals surface area contributed by atoms with Gasteiger partial charge in [0.25, 0.3) is 0 Å². The summed E-state index contributed by atoms with van der Waals surface area (Å²) in [6.45, 7) is 5.42. The Hall–Kier alpha value is -0.870. The Kier molecular flexibility index (Phi) is 4.29. The van der Waals surface area contributed by atoms with Crippen LogP contribution in [-0.4, -0.2) is 39.5 Å². The number of aromatic nitrogens is 2. The maximum atomic E-state index is 9.26. The lowest BCUT2D eigenvalue weighted by atomic mass is 10.3. The Balaban J connectivity index is 2.59. The van der Waals surface area contributed by atoms with Gasteiger partial charge in [-0.3, -0.25) is 9.58 Å². The molecule has 4 nitrogen and oxygen atoms in total. The van der Waals surface area contributed by atoms with Gasteiger partial charge in [-0.25, -0.2) is 0 Å². The summed E-state index contributed by atoms with van der Waals surface area (Å²) in [5.41, 5.74) is 2.31. The first kappa shape index (κ1) is 12.2. The third-order valence-corrected chi connectivity index (χ3v) is 2.40. The van der Waals surface area contributed by atoms with Crippen molar-refractivity contribution in [2.45, 2.75) is 32.9 Å². The van der Waals surface area contributed by atoms with Crippen LogP contribution in [0.25, 0.3) is 0 Å². The molecule has 0 aliphatic rings. The molecule has 0 saturated heterocycles. The van der Waals surface area contributed by atoms with Crippen molar-refractivity contribution in [3.8, 4) is 0 Å². The summed E-state index contributed by atoms with van der Waals surface area (Å²) >= 11 is 0. The molecule has 0 radical (unpaired) electrons. The SMILES string of the molecule is CCc1cc(CN(C)CC(C)O)n(C)n1. The Labute approximate surface area is 91.5 Å². The first-order valence-corrected chi connectivity index (χ1v) is 5.41. The van der Waals surface area contributed by atoms with Crippen molar-refractivity contribution in [2.75, 3.05) is 13.6 Å². The number of aliphatic hydroxyl groups excluding tert-OH is 1. The summed E-state index contributed by atoms with van der Waals surface area (Å²) in [4.78, 5) is 2.10. The second kappa shape index (κ2) is 5.28. The van der Waals surface area contributed by atoms with Crippen LogP contribution < -0.4 is 0 Å². The molecule has 0 spiro atoms. The van der Waals surface area contributed by atoms with E-state index >= 15 is 0 Å². The summed E-state index contributed by atoms with van der Waals surface area (Å²) < 4.78 is 1.91. The summed E-state index contributed by atoms with van der Waals surface area (Å²) in [7, 11) is 3.97. The molecule has 0 aromatic carbocycles. The highest BCUT2D eigenvalue weighted by atomic mass is 16.3. The fourth-order valence-corrected chi connectivity index (χ4v) is 1.68. The number of hydrogen-bond donors (Lipinski definition) is 1. The van der Waals surface area contributed by atoms with E-state index in [2.05, 4.69) is 23.0 Å². The molecule has 1 unspecified atom stereocenters. The summed E-state index contributed by atoms with van der Waals surface area (Å²) in [5, 5.41) is 13.6. The first-order valence-electron chi connectivity index (χ1n) is 5.41. The molecule has 0 fully saturated rings. The minimum absolute atomic E-state index is 0.283. The van der Waals surface area contributed by atoms with Crippen LogP contribution in [0, 0.1) is 0 Å². The average molecular weight is 211 g/mol. The lowest BCUT2D eigenvalue weighted by Gasteiger charge is -2.17. The fraction of sp³-hybridized carbons (Fsp3) is 0.727. The number of likely N-dealkylation sites (N-methyl/N-ethyl adjacent to an activating group) is 1. The average Bonchev–Trinajstić information content (AvgIpc) is 2.46. The van der Waals surface area contributed by atoms with E-state index < -0.39 is 0 Å². The van der Waals surface area contributed by atoms with E-state index in [9.17, 15) is 5.11 Å². The molecular weight excluding hydrogens is 190 g/mol. The van der Waals surface area contributed by atoms with Crippen molar-refractivity contribution in [3.63, 3.8) is 0 Å². The topological polar surface area (TPSA) is 41.3 Å². The number of aliphatic hydroxyl groups is 1. The molecule has 4 heteroatoms. The zero-order valence-electron chi connectivity index (χ0n) is 10.1. The molecule has 1 rings (SSSR count). The monoisotopic (exact) mass is 211 g/mol. The predicted octanol–water partition coefficient (Wildman–Crippen LogP) is 0.795. The van der Waals surface area contributed by atoms with Crippen molar-refractivity contribution in [2.24, 2.45) is 7.05 Å². The van der Waals surface area contributed by atoms with E-state index in [1.165, 1.54) is 5.69 Å². The van der Waals surface area contributed by atoms with E-state index in [0.717, 1.165) is 18.7 Å². The second-order valence-electron chi connectivity index (χ2n) is 4.15. The normalized spacial score (nSPS) is 13.5. The van der Waals surface area contributed by atoms with E-state index in [0.29, 0.717) is 6.54 Å². The van der Waals surface area contributed by atoms with Gasteiger partial charge in [0.15, 0.2) is 0 Å². The lowest BCUT2D eigenvalue weighted by molar-refractivity contribution is 0.137. The Bertz CT molecular complexity index is 307. The minimum Gasteiger partial charge on any atom is -0.392 e. The summed E-state index contributed by atoms with van der Waals surface area (Å²) in [5.74, 6) is 0. The van der Waals surface area contributed by atoms with Gasteiger partial charge in [-0.2, -0.15) is 5.10 Å². The maximum Gasteiger partial charge on any atom is 0.0639 e. The molecule has 0 aliphatic carbocycles. The molecular formula is C11H21N3O. The van der Waals surface area contributed by atoms with Crippen LogP contribution in [0.4, 0.5) is 0 Å². The zero-order chi connectivity index (χ0) is 11.4. The summed E-state index contributed by atoms with van der Waals surface area (Å²) in [6, 6.07) is 2.12. The van der Waals surface area contributed by atoms with Crippen LogP contribution in [0.5, 0.6) is 0 Å². The van der Waals surface area contributed by atoms with E-state index in [1.54, 1.807) is 6.92 Å². The minimum atomic E-state index is -0.283. The molecule has 1 N–H and O–H groups in total. The largest absolute Gasteiger partial charge is 0.392 e. The molecule has 1 heterocycles. The Morgan fingerprint density at radius 3 is 2.73 bits per heavy atom. The van der Waals surface area contributed by atoms with E-state index in [-0.39, 0.29) is 6.10 Å². The molecule has 15 heavy (non-hydrogen) atoms. The zero-order valence-corrected chi connectivity index (χ0v) is 10.1. The van der Waals surface area contributed by atoms with Crippen molar-refractivity contribution < 1.29 is 5.11 Å². The number of nitrogens with zero attached hydrogens (tertiary/aromatic N) is 3. The maximum absolute atomic E-state index is 9.26. The van der Waals surface area contributed by atoms with Gasteiger partial charge in [-0.05, 0) is 26.5 Å². The lowest BCUT2D eigenvalue weighted by Crippen LogP contribution is -2.27. The van der Waals surface area contributed by atoms with Gasteiger partial charge in [0, 0.05) is 20.1 Å². The first-order chi connectivity index (χ1) is 7.02. The van der Waals surface area contributed by atoms with Gasteiger partial charge < -0.3 is 5.11 Å². The molecule has 86 valence electrons. The molecule has 0 aliphatic heterocycles. The predicted molar refractivity (Wildman–Crippen MR) is 60.6 cm³/mol.